The summed E-state index contributed by atoms with van der Waals surface area (Å²) in [7, 11) is 0. The van der Waals surface area contributed by atoms with E-state index in [1.54, 1.807) is 0 Å². The molecule has 12 heteroatoms. The van der Waals surface area contributed by atoms with Gasteiger partial charge in [-0.25, -0.2) is 4.79 Å². The maximum absolute atomic E-state index is 13.0. The Morgan fingerprint density at radius 1 is 1.00 bits per heavy atom. The fourth-order valence-electron chi connectivity index (χ4n) is 3.79. The average Bonchev–Trinajstić information content (AvgIpc) is 3.26. The van der Waals surface area contributed by atoms with Crippen LogP contribution in [0.25, 0.3) is 0 Å². The van der Waals surface area contributed by atoms with Crippen molar-refractivity contribution in [1.29, 1.82) is 0 Å². The van der Waals surface area contributed by atoms with Gasteiger partial charge in [-0.2, -0.15) is 0 Å². The van der Waals surface area contributed by atoms with Crippen LogP contribution in [0.2, 0.25) is 0 Å². The second kappa shape index (κ2) is 14.8. The van der Waals surface area contributed by atoms with Crippen LogP contribution in [0.15, 0.2) is 0 Å². The minimum absolute atomic E-state index is 0.225. The van der Waals surface area contributed by atoms with E-state index in [4.69, 9.17) is 17.2 Å². The van der Waals surface area contributed by atoms with Crippen molar-refractivity contribution in [2.75, 3.05) is 19.6 Å². The molecule has 1 aliphatic heterocycles. The lowest BCUT2D eigenvalue weighted by molar-refractivity contribution is -0.150. The number of nitrogens with zero attached hydrogens (tertiary/aromatic N) is 1. The molecule has 0 aromatic heterocycles. The van der Waals surface area contributed by atoms with Gasteiger partial charge < -0.3 is 42.9 Å². The lowest BCUT2D eigenvalue weighted by atomic mass is 10.0. The number of aliphatic carboxylic acids is 1. The molecule has 0 bridgehead atoms. The number of likely N-dealkylation sites (tertiary alicyclic amines) is 1. The third-order valence-corrected chi connectivity index (χ3v) is 5.75. The van der Waals surface area contributed by atoms with Crippen LogP contribution < -0.4 is 27.8 Å². The third-order valence-electron chi connectivity index (χ3n) is 5.75. The number of aliphatic hydroxyl groups excluding tert-OH is 1. The van der Waals surface area contributed by atoms with Gasteiger partial charge in [0.25, 0.3) is 0 Å². The highest BCUT2D eigenvalue weighted by Crippen LogP contribution is 2.19. The fourth-order valence-corrected chi connectivity index (χ4v) is 3.79. The van der Waals surface area contributed by atoms with Crippen LogP contribution in [-0.2, 0) is 19.2 Å². The Bertz CT molecular complexity index is 661. The molecule has 190 valence electrons. The van der Waals surface area contributed by atoms with Gasteiger partial charge in [0, 0.05) is 6.54 Å². The SMILES string of the molecule is CC(O)C(NC(=O)C(CCCCN)NC(=O)C(N)CCCCN)C(=O)N1CCCC1C(=O)O. The van der Waals surface area contributed by atoms with Crippen molar-refractivity contribution in [2.24, 2.45) is 17.2 Å². The Morgan fingerprint density at radius 2 is 1.61 bits per heavy atom. The standard InChI is InChI=1S/C21H40N6O6/c1-13(28)17(20(31)27-12-6-9-16(27)21(32)33)26-19(30)15(8-3-5-11-23)25-18(29)14(24)7-2-4-10-22/h13-17,28H,2-12,22-24H2,1H3,(H,25,29)(H,26,30)(H,32,33). The van der Waals surface area contributed by atoms with E-state index in [0.29, 0.717) is 51.6 Å². The number of hydrogen-bond acceptors (Lipinski definition) is 8. The van der Waals surface area contributed by atoms with E-state index >= 15 is 0 Å². The molecule has 0 saturated carbocycles. The molecule has 1 aliphatic rings. The van der Waals surface area contributed by atoms with E-state index < -0.39 is 54.0 Å². The topological polar surface area (TPSA) is 214 Å². The summed E-state index contributed by atoms with van der Waals surface area (Å²) >= 11 is 0. The van der Waals surface area contributed by atoms with E-state index in [1.807, 2.05) is 0 Å². The van der Waals surface area contributed by atoms with Crippen molar-refractivity contribution >= 4 is 23.7 Å². The van der Waals surface area contributed by atoms with Gasteiger partial charge in [0.2, 0.25) is 17.7 Å². The van der Waals surface area contributed by atoms with Gasteiger partial charge in [-0.05, 0) is 65.0 Å². The summed E-state index contributed by atoms with van der Waals surface area (Å²) in [5.41, 5.74) is 16.9. The number of rotatable bonds is 15. The summed E-state index contributed by atoms with van der Waals surface area (Å²) in [6, 6.07) is -4.13. The van der Waals surface area contributed by atoms with Crippen molar-refractivity contribution in [3.63, 3.8) is 0 Å². The number of carbonyl (C=O) groups excluding carboxylic acids is 3. The molecule has 0 aromatic carbocycles. The van der Waals surface area contributed by atoms with Gasteiger partial charge >= 0.3 is 5.97 Å². The van der Waals surface area contributed by atoms with E-state index in [2.05, 4.69) is 10.6 Å². The molecular weight excluding hydrogens is 432 g/mol. The van der Waals surface area contributed by atoms with Crippen LogP contribution in [0.3, 0.4) is 0 Å². The molecule has 0 aromatic rings. The number of amides is 3. The van der Waals surface area contributed by atoms with Crippen LogP contribution in [0.4, 0.5) is 0 Å². The summed E-state index contributed by atoms with van der Waals surface area (Å²) in [5, 5.41) is 24.6. The number of carboxylic acids is 1. The Labute approximate surface area is 194 Å². The number of nitrogens with two attached hydrogens (primary N) is 3. The predicted octanol–water partition coefficient (Wildman–Crippen LogP) is -2.00. The molecule has 12 nitrogen and oxygen atoms in total. The summed E-state index contributed by atoms with van der Waals surface area (Å²) in [4.78, 5) is 51.1. The highest BCUT2D eigenvalue weighted by Gasteiger charge is 2.40. The molecule has 10 N–H and O–H groups in total. The van der Waals surface area contributed by atoms with Gasteiger partial charge in [-0.3, -0.25) is 14.4 Å². The van der Waals surface area contributed by atoms with Gasteiger partial charge in [0.05, 0.1) is 12.1 Å². The lowest BCUT2D eigenvalue weighted by Gasteiger charge is -2.30. The van der Waals surface area contributed by atoms with Crippen molar-refractivity contribution in [3.05, 3.63) is 0 Å². The van der Waals surface area contributed by atoms with Gasteiger partial charge in [-0.15, -0.1) is 0 Å². The Morgan fingerprint density at radius 3 is 2.15 bits per heavy atom. The molecule has 5 unspecified atom stereocenters. The monoisotopic (exact) mass is 472 g/mol. The summed E-state index contributed by atoms with van der Waals surface area (Å²) < 4.78 is 0. The highest BCUT2D eigenvalue weighted by molar-refractivity contribution is 5.94. The molecule has 1 saturated heterocycles. The van der Waals surface area contributed by atoms with Crippen LogP contribution in [0, 0.1) is 0 Å². The number of carboxylic acid groups (broad SMARTS) is 1. The van der Waals surface area contributed by atoms with Crippen molar-refractivity contribution in [1.82, 2.24) is 15.5 Å². The minimum atomic E-state index is -1.34. The second-order valence-corrected chi connectivity index (χ2v) is 8.49. The molecule has 3 amide bonds. The predicted molar refractivity (Wildman–Crippen MR) is 122 cm³/mol. The number of unbranched alkanes of at least 4 members (excludes halogenated alkanes) is 2. The summed E-state index contributed by atoms with van der Waals surface area (Å²) in [6.07, 6.45) is 2.83. The Balaban J connectivity index is 2.89. The molecule has 0 radical (unpaired) electrons. The first kappa shape index (κ1) is 28.8. The Hall–Kier alpha value is -2.28. The minimum Gasteiger partial charge on any atom is -0.480 e. The average molecular weight is 473 g/mol. The number of hydrogen-bond donors (Lipinski definition) is 7. The summed E-state index contributed by atoms with van der Waals surface area (Å²) in [6.45, 7) is 2.47. The number of carbonyl (C=O) groups is 4. The van der Waals surface area contributed by atoms with Crippen LogP contribution in [-0.4, -0.2) is 88.7 Å². The van der Waals surface area contributed by atoms with Crippen molar-refractivity contribution in [2.45, 2.75) is 88.6 Å². The number of nitrogens with one attached hydrogen (secondary N) is 2. The first-order valence-electron chi connectivity index (χ1n) is 11.6. The molecule has 0 aliphatic carbocycles. The van der Waals surface area contributed by atoms with Crippen LogP contribution in [0.5, 0.6) is 0 Å². The van der Waals surface area contributed by atoms with Crippen LogP contribution >= 0.6 is 0 Å². The molecule has 33 heavy (non-hydrogen) atoms. The zero-order valence-electron chi connectivity index (χ0n) is 19.4. The molecule has 5 atom stereocenters. The van der Waals surface area contributed by atoms with Gasteiger partial charge in [-0.1, -0.05) is 6.42 Å². The van der Waals surface area contributed by atoms with Gasteiger partial charge in [0.1, 0.15) is 18.1 Å². The second-order valence-electron chi connectivity index (χ2n) is 8.49. The number of aliphatic hydroxyl groups is 1. The van der Waals surface area contributed by atoms with E-state index in [9.17, 15) is 29.4 Å². The Kier molecular flexibility index (Phi) is 12.9. The zero-order valence-corrected chi connectivity index (χ0v) is 19.4. The zero-order chi connectivity index (χ0) is 25.0. The smallest absolute Gasteiger partial charge is 0.326 e. The first-order valence-corrected chi connectivity index (χ1v) is 11.6. The van der Waals surface area contributed by atoms with E-state index in [1.165, 1.54) is 6.92 Å². The molecule has 1 rings (SSSR count). The quantitative estimate of drug-likeness (QED) is 0.131. The normalized spacial score (nSPS) is 19.4. The maximum atomic E-state index is 13.0. The van der Waals surface area contributed by atoms with Crippen LogP contribution in [0.1, 0.15) is 58.3 Å². The van der Waals surface area contributed by atoms with Gasteiger partial charge in [0.15, 0.2) is 0 Å². The maximum Gasteiger partial charge on any atom is 0.326 e. The summed E-state index contributed by atoms with van der Waals surface area (Å²) in [5.74, 6) is -2.95. The first-order chi connectivity index (χ1) is 15.6. The lowest BCUT2D eigenvalue weighted by Crippen LogP contribution is -2.59. The molecule has 1 heterocycles. The highest BCUT2D eigenvalue weighted by atomic mass is 16.4. The molecule has 1 fully saturated rings. The van der Waals surface area contributed by atoms with Crippen molar-refractivity contribution < 1.29 is 29.4 Å². The van der Waals surface area contributed by atoms with Crippen molar-refractivity contribution in [3.8, 4) is 0 Å². The van der Waals surface area contributed by atoms with E-state index in [0.717, 1.165) is 11.3 Å². The van der Waals surface area contributed by atoms with E-state index in [-0.39, 0.29) is 13.0 Å². The third kappa shape index (κ3) is 9.24. The molecule has 0 spiro atoms. The fraction of sp³-hybridized carbons (Fsp3) is 0.810. The molecular formula is C21H40N6O6. The largest absolute Gasteiger partial charge is 0.480 e.